The number of anilines is 1. The lowest BCUT2D eigenvalue weighted by molar-refractivity contribution is 0.0746. The third-order valence-electron chi connectivity index (χ3n) is 3.31. The van der Waals surface area contributed by atoms with Gasteiger partial charge in [-0.25, -0.2) is 0 Å². The number of hydrogen-bond donors (Lipinski definition) is 2. The lowest BCUT2D eigenvalue weighted by Gasteiger charge is -2.20. The van der Waals surface area contributed by atoms with Crippen molar-refractivity contribution in [2.45, 2.75) is 13.5 Å². The van der Waals surface area contributed by atoms with Gasteiger partial charge >= 0.3 is 0 Å². The minimum Gasteiger partial charge on any atom is -0.454 e. The van der Waals surface area contributed by atoms with Crippen LogP contribution in [0.25, 0.3) is 0 Å². The number of aromatic nitrogens is 2. The number of nitrogen functional groups attached to an aromatic ring is 1. The molecule has 3 rings (SSSR count). The smallest absolute Gasteiger partial charge is 0.272 e. The summed E-state index contributed by atoms with van der Waals surface area (Å²) in [5.41, 5.74) is 6.89. The van der Waals surface area contributed by atoms with Crippen molar-refractivity contribution in [2.75, 3.05) is 19.1 Å². The Morgan fingerprint density at radius 1 is 1.38 bits per heavy atom. The van der Waals surface area contributed by atoms with Crippen molar-refractivity contribution in [2.24, 2.45) is 0 Å². The molecule has 0 unspecified atom stereocenters. The van der Waals surface area contributed by atoms with Gasteiger partial charge in [-0.05, 0) is 24.6 Å². The van der Waals surface area contributed by atoms with E-state index in [-0.39, 0.29) is 12.7 Å². The van der Waals surface area contributed by atoms with Crippen LogP contribution in [-0.2, 0) is 6.54 Å². The number of hydrogen-bond acceptors (Lipinski definition) is 5. The van der Waals surface area contributed by atoms with Gasteiger partial charge in [0, 0.05) is 19.2 Å². The number of aromatic amines is 1. The quantitative estimate of drug-likeness (QED) is 0.886. The highest BCUT2D eigenvalue weighted by atomic mass is 16.7. The molecule has 1 amide bonds. The number of nitrogens with zero attached hydrogens (tertiary/aromatic N) is 2. The molecular formula is C14H16N4O3. The van der Waals surface area contributed by atoms with Crippen LogP contribution in [0, 0.1) is 0 Å². The van der Waals surface area contributed by atoms with Crippen LogP contribution in [0.2, 0.25) is 0 Å². The number of nitrogens with one attached hydrogen (secondary N) is 1. The van der Waals surface area contributed by atoms with E-state index in [0.29, 0.717) is 30.4 Å². The summed E-state index contributed by atoms with van der Waals surface area (Å²) >= 11 is 0. The maximum atomic E-state index is 12.4. The van der Waals surface area contributed by atoms with Crippen molar-refractivity contribution in [3.63, 3.8) is 0 Å². The Morgan fingerprint density at radius 2 is 2.19 bits per heavy atom. The zero-order valence-corrected chi connectivity index (χ0v) is 11.6. The Balaban J connectivity index is 1.76. The van der Waals surface area contributed by atoms with Gasteiger partial charge in [-0.2, -0.15) is 5.10 Å². The number of fused-ring (bicyclic) bond motifs is 1. The van der Waals surface area contributed by atoms with E-state index in [2.05, 4.69) is 10.2 Å². The Kier molecular flexibility index (Phi) is 3.39. The molecule has 3 N–H and O–H groups in total. The molecule has 0 fully saturated rings. The summed E-state index contributed by atoms with van der Waals surface area (Å²) in [7, 11) is 0. The summed E-state index contributed by atoms with van der Waals surface area (Å²) in [5, 5.41) is 6.41. The molecule has 1 aliphatic rings. The van der Waals surface area contributed by atoms with Gasteiger partial charge < -0.3 is 20.1 Å². The average molecular weight is 288 g/mol. The summed E-state index contributed by atoms with van der Waals surface area (Å²) in [4.78, 5) is 14.1. The van der Waals surface area contributed by atoms with Crippen molar-refractivity contribution in [1.29, 1.82) is 0 Å². The monoisotopic (exact) mass is 288 g/mol. The third-order valence-corrected chi connectivity index (χ3v) is 3.31. The molecule has 7 nitrogen and oxygen atoms in total. The normalized spacial score (nSPS) is 12.4. The van der Waals surface area contributed by atoms with E-state index in [4.69, 9.17) is 15.2 Å². The summed E-state index contributed by atoms with van der Waals surface area (Å²) in [6.07, 6.45) is 0. The largest absolute Gasteiger partial charge is 0.454 e. The van der Waals surface area contributed by atoms with Crippen molar-refractivity contribution in [3.05, 3.63) is 35.5 Å². The number of carbonyl (C=O) groups is 1. The molecule has 2 aromatic rings. The highest BCUT2D eigenvalue weighted by Gasteiger charge is 2.19. The summed E-state index contributed by atoms with van der Waals surface area (Å²) in [5.74, 6) is 1.60. The second-order valence-electron chi connectivity index (χ2n) is 4.71. The van der Waals surface area contributed by atoms with Crippen LogP contribution < -0.4 is 15.2 Å². The maximum absolute atomic E-state index is 12.4. The van der Waals surface area contributed by atoms with E-state index >= 15 is 0 Å². The van der Waals surface area contributed by atoms with Crippen molar-refractivity contribution < 1.29 is 14.3 Å². The van der Waals surface area contributed by atoms with Gasteiger partial charge in [0.15, 0.2) is 11.5 Å². The second kappa shape index (κ2) is 5.35. The molecule has 0 atom stereocenters. The molecular weight excluding hydrogens is 272 g/mol. The molecule has 1 aromatic carbocycles. The fourth-order valence-corrected chi connectivity index (χ4v) is 2.20. The zero-order chi connectivity index (χ0) is 14.8. The second-order valence-corrected chi connectivity index (χ2v) is 4.71. The molecule has 110 valence electrons. The minimum absolute atomic E-state index is 0.139. The molecule has 0 bridgehead atoms. The average Bonchev–Trinajstić information content (AvgIpc) is 3.12. The Hall–Kier alpha value is -2.70. The SMILES string of the molecule is CCN(Cc1ccc2c(c1)OCO2)C(=O)c1cc(N)n[nH]1. The highest BCUT2D eigenvalue weighted by Crippen LogP contribution is 2.32. The van der Waals surface area contributed by atoms with Gasteiger partial charge in [0.25, 0.3) is 5.91 Å². The number of nitrogens with two attached hydrogens (primary N) is 1. The zero-order valence-electron chi connectivity index (χ0n) is 11.6. The van der Waals surface area contributed by atoms with Crippen LogP contribution >= 0.6 is 0 Å². The first-order chi connectivity index (χ1) is 10.2. The molecule has 0 saturated carbocycles. The number of H-pyrrole nitrogens is 1. The topological polar surface area (TPSA) is 93.5 Å². The van der Waals surface area contributed by atoms with Gasteiger partial charge in [0.2, 0.25) is 6.79 Å². The van der Waals surface area contributed by atoms with Gasteiger partial charge in [-0.3, -0.25) is 9.89 Å². The lowest BCUT2D eigenvalue weighted by Crippen LogP contribution is -2.30. The molecule has 0 spiro atoms. The third kappa shape index (κ3) is 2.62. The summed E-state index contributed by atoms with van der Waals surface area (Å²) < 4.78 is 10.6. The maximum Gasteiger partial charge on any atom is 0.272 e. The van der Waals surface area contributed by atoms with E-state index in [1.54, 1.807) is 4.90 Å². The summed E-state index contributed by atoms with van der Waals surface area (Å²) in [6.45, 7) is 3.21. The molecule has 2 heterocycles. The predicted octanol–water partition coefficient (Wildman–Crippen LogP) is 1.38. The van der Waals surface area contributed by atoms with Crippen LogP contribution in [0.5, 0.6) is 11.5 Å². The number of rotatable bonds is 4. The Labute approximate surface area is 121 Å². The Morgan fingerprint density at radius 3 is 2.90 bits per heavy atom. The first-order valence-electron chi connectivity index (χ1n) is 6.66. The van der Waals surface area contributed by atoms with Crippen molar-refractivity contribution >= 4 is 11.7 Å². The molecule has 0 aliphatic carbocycles. The van der Waals surface area contributed by atoms with E-state index in [0.717, 1.165) is 11.3 Å². The number of carbonyl (C=O) groups excluding carboxylic acids is 1. The van der Waals surface area contributed by atoms with Crippen LogP contribution in [-0.4, -0.2) is 34.3 Å². The number of benzene rings is 1. The first-order valence-corrected chi connectivity index (χ1v) is 6.66. The molecule has 7 heteroatoms. The molecule has 21 heavy (non-hydrogen) atoms. The molecule has 0 saturated heterocycles. The van der Waals surface area contributed by atoms with E-state index in [9.17, 15) is 4.79 Å². The minimum atomic E-state index is -0.139. The number of amides is 1. The fourth-order valence-electron chi connectivity index (χ4n) is 2.20. The van der Waals surface area contributed by atoms with Gasteiger partial charge in [0.1, 0.15) is 11.5 Å². The van der Waals surface area contributed by atoms with Crippen LogP contribution in [0.15, 0.2) is 24.3 Å². The number of ether oxygens (including phenoxy) is 2. The molecule has 1 aliphatic heterocycles. The molecule has 1 aromatic heterocycles. The summed E-state index contributed by atoms with van der Waals surface area (Å²) in [6, 6.07) is 7.19. The van der Waals surface area contributed by atoms with Crippen LogP contribution in [0.3, 0.4) is 0 Å². The molecule has 0 radical (unpaired) electrons. The lowest BCUT2D eigenvalue weighted by atomic mass is 10.2. The van der Waals surface area contributed by atoms with Gasteiger partial charge in [0.05, 0.1) is 0 Å². The Bertz CT molecular complexity index is 668. The van der Waals surface area contributed by atoms with E-state index in [1.807, 2.05) is 25.1 Å². The first kappa shape index (κ1) is 13.3. The van der Waals surface area contributed by atoms with Gasteiger partial charge in [-0.15, -0.1) is 0 Å². The van der Waals surface area contributed by atoms with E-state index in [1.165, 1.54) is 6.07 Å². The van der Waals surface area contributed by atoms with Crippen LogP contribution in [0.1, 0.15) is 23.0 Å². The van der Waals surface area contributed by atoms with Crippen molar-refractivity contribution in [3.8, 4) is 11.5 Å². The predicted molar refractivity (Wildman–Crippen MR) is 76.0 cm³/mol. The fraction of sp³-hybridized carbons (Fsp3) is 0.286. The van der Waals surface area contributed by atoms with E-state index < -0.39 is 0 Å². The van der Waals surface area contributed by atoms with Crippen molar-refractivity contribution in [1.82, 2.24) is 15.1 Å². The standard InChI is InChI=1S/C14H16N4O3/c1-2-18(14(19)10-6-13(15)17-16-10)7-9-3-4-11-12(5-9)21-8-20-11/h3-6H,2,7-8H2,1H3,(H3,15,16,17). The van der Waals surface area contributed by atoms with Crippen LogP contribution in [0.4, 0.5) is 5.82 Å². The highest BCUT2D eigenvalue weighted by molar-refractivity contribution is 5.92. The van der Waals surface area contributed by atoms with Gasteiger partial charge in [-0.1, -0.05) is 6.07 Å².